The lowest BCUT2D eigenvalue weighted by Crippen LogP contribution is -2.38. The number of anilines is 1. The molecule has 0 amide bonds. The van der Waals surface area contributed by atoms with E-state index < -0.39 is 0 Å². The number of nitrogens with one attached hydrogen (secondary N) is 1. The Balaban J connectivity index is 1.97. The van der Waals surface area contributed by atoms with Gasteiger partial charge in [0.1, 0.15) is 5.82 Å². The minimum Gasteiger partial charge on any atom is -0.381 e. The van der Waals surface area contributed by atoms with Gasteiger partial charge in [0.05, 0.1) is 6.10 Å². The summed E-state index contributed by atoms with van der Waals surface area (Å²) in [6.45, 7) is 8.46. The molecule has 0 saturated carbocycles. The Bertz CT molecular complexity index is 400. The maximum Gasteiger partial charge on any atom is 0.133 e. The molecule has 0 bridgehead atoms. The molecule has 2 heterocycles. The number of piperidine rings is 1. The van der Waals surface area contributed by atoms with Crippen LogP contribution in [-0.4, -0.2) is 37.8 Å². The van der Waals surface area contributed by atoms with E-state index in [-0.39, 0.29) is 0 Å². The number of aromatic nitrogens is 1. The van der Waals surface area contributed by atoms with Crippen LogP contribution in [0.25, 0.3) is 0 Å². The van der Waals surface area contributed by atoms with Crippen LogP contribution < -0.4 is 10.2 Å². The summed E-state index contributed by atoms with van der Waals surface area (Å²) < 4.78 is 5.44. The highest BCUT2D eigenvalue weighted by Crippen LogP contribution is 2.22. The monoisotopic (exact) mass is 277 g/mol. The van der Waals surface area contributed by atoms with Gasteiger partial charge in [-0.3, -0.25) is 0 Å². The molecular weight excluding hydrogens is 250 g/mol. The summed E-state index contributed by atoms with van der Waals surface area (Å²) in [5.41, 5.74) is 1.30. The van der Waals surface area contributed by atoms with E-state index in [1.54, 1.807) is 0 Å². The molecule has 0 radical (unpaired) electrons. The summed E-state index contributed by atoms with van der Waals surface area (Å²) in [5, 5.41) is 3.51. The van der Waals surface area contributed by atoms with Gasteiger partial charge in [-0.2, -0.15) is 0 Å². The maximum atomic E-state index is 5.44. The van der Waals surface area contributed by atoms with Crippen molar-refractivity contribution in [2.24, 2.45) is 5.92 Å². The van der Waals surface area contributed by atoms with Gasteiger partial charge in [0.15, 0.2) is 0 Å². The van der Waals surface area contributed by atoms with Crippen molar-refractivity contribution in [3.63, 3.8) is 0 Å². The Kier molecular flexibility index (Phi) is 5.80. The summed E-state index contributed by atoms with van der Waals surface area (Å²) in [5.74, 6) is 1.81. The van der Waals surface area contributed by atoms with Crippen LogP contribution in [0.4, 0.5) is 5.82 Å². The van der Waals surface area contributed by atoms with Crippen molar-refractivity contribution >= 4 is 5.82 Å². The minimum absolute atomic E-state index is 0.414. The fourth-order valence-corrected chi connectivity index (χ4v) is 2.65. The molecule has 1 aromatic heterocycles. The molecule has 1 aromatic rings. The van der Waals surface area contributed by atoms with Crippen molar-refractivity contribution in [2.45, 2.75) is 39.3 Å². The van der Waals surface area contributed by atoms with E-state index in [0.717, 1.165) is 44.8 Å². The van der Waals surface area contributed by atoms with Crippen LogP contribution in [0.3, 0.4) is 0 Å². The average molecular weight is 277 g/mol. The van der Waals surface area contributed by atoms with Crippen molar-refractivity contribution in [3.8, 4) is 0 Å². The van der Waals surface area contributed by atoms with Crippen molar-refractivity contribution < 1.29 is 4.74 Å². The van der Waals surface area contributed by atoms with Crippen LogP contribution in [-0.2, 0) is 11.3 Å². The van der Waals surface area contributed by atoms with Gasteiger partial charge >= 0.3 is 0 Å². The fraction of sp³-hybridized carbons (Fsp3) is 0.688. The van der Waals surface area contributed by atoms with E-state index in [0.29, 0.717) is 12.0 Å². The van der Waals surface area contributed by atoms with Crippen molar-refractivity contribution in [1.82, 2.24) is 10.3 Å². The van der Waals surface area contributed by atoms with Crippen LogP contribution in [0.1, 0.15) is 32.3 Å². The number of hydrogen-bond acceptors (Lipinski definition) is 4. The molecule has 1 aliphatic heterocycles. The molecule has 20 heavy (non-hydrogen) atoms. The van der Waals surface area contributed by atoms with Gasteiger partial charge in [0.25, 0.3) is 0 Å². The summed E-state index contributed by atoms with van der Waals surface area (Å²) in [6, 6.07) is 4.20. The highest BCUT2D eigenvalue weighted by Gasteiger charge is 2.21. The van der Waals surface area contributed by atoms with Crippen molar-refractivity contribution in [1.29, 1.82) is 0 Å². The molecule has 0 aliphatic carbocycles. The van der Waals surface area contributed by atoms with E-state index >= 15 is 0 Å². The smallest absolute Gasteiger partial charge is 0.133 e. The molecule has 2 rings (SSSR count). The van der Waals surface area contributed by atoms with Crippen molar-refractivity contribution in [3.05, 3.63) is 23.9 Å². The molecular formula is C16H27N3O. The quantitative estimate of drug-likeness (QED) is 0.866. The van der Waals surface area contributed by atoms with E-state index in [2.05, 4.69) is 35.1 Å². The number of ether oxygens (including phenoxy) is 1. The van der Waals surface area contributed by atoms with Crippen LogP contribution in [0.2, 0.25) is 0 Å². The molecule has 4 nitrogen and oxygen atoms in total. The highest BCUT2D eigenvalue weighted by atomic mass is 16.5. The second-order valence-electron chi connectivity index (χ2n) is 5.93. The second kappa shape index (κ2) is 7.60. The molecule has 4 heteroatoms. The SMILES string of the molecule is COC1CCN(c2ncccc2CNCC(C)C)CC1. The van der Waals surface area contributed by atoms with E-state index in [1.165, 1.54) is 5.56 Å². The maximum absolute atomic E-state index is 5.44. The molecule has 1 fully saturated rings. The Morgan fingerprint density at radius 2 is 2.15 bits per heavy atom. The largest absolute Gasteiger partial charge is 0.381 e. The number of rotatable bonds is 6. The standard InChI is InChI=1S/C16H27N3O/c1-13(2)11-17-12-14-5-4-8-18-16(14)19-9-6-15(20-3)7-10-19/h4-5,8,13,15,17H,6-7,9-12H2,1-3H3. The number of hydrogen-bond donors (Lipinski definition) is 1. The first kappa shape index (κ1) is 15.3. The average Bonchev–Trinajstić information content (AvgIpc) is 2.47. The Morgan fingerprint density at radius 1 is 1.40 bits per heavy atom. The van der Waals surface area contributed by atoms with Gasteiger partial charge in [-0.05, 0) is 31.4 Å². The number of pyridine rings is 1. The predicted octanol–water partition coefficient (Wildman–Crippen LogP) is 2.44. The first-order valence-corrected chi connectivity index (χ1v) is 7.63. The number of methoxy groups -OCH3 is 1. The molecule has 1 N–H and O–H groups in total. The first-order chi connectivity index (χ1) is 9.70. The van der Waals surface area contributed by atoms with Gasteiger partial charge in [-0.15, -0.1) is 0 Å². The van der Waals surface area contributed by atoms with Crippen LogP contribution in [0.15, 0.2) is 18.3 Å². The molecule has 0 unspecified atom stereocenters. The highest BCUT2D eigenvalue weighted by molar-refractivity contribution is 5.47. The van der Waals surface area contributed by atoms with E-state index in [1.807, 2.05) is 19.4 Å². The lowest BCUT2D eigenvalue weighted by Gasteiger charge is -2.33. The topological polar surface area (TPSA) is 37.4 Å². The summed E-state index contributed by atoms with van der Waals surface area (Å²) >= 11 is 0. The van der Waals surface area contributed by atoms with Gasteiger partial charge < -0.3 is 15.0 Å². The molecule has 0 atom stereocenters. The zero-order valence-electron chi connectivity index (χ0n) is 12.9. The molecule has 1 aliphatic rings. The van der Waals surface area contributed by atoms with Gasteiger partial charge in [0.2, 0.25) is 0 Å². The third-order valence-electron chi connectivity index (χ3n) is 3.81. The minimum atomic E-state index is 0.414. The zero-order valence-corrected chi connectivity index (χ0v) is 12.9. The molecule has 0 spiro atoms. The predicted molar refractivity (Wildman–Crippen MR) is 83.0 cm³/mol. The Hall–Kier alpha value is -1.13. The van der Waals surface area contributed by atoms with Crippen molar-refractivity contribution in [2.75, 3.05) is 31.6 Å². The third kappa shape index (κ3) is 4.18. The van der Waals surface area contributed by atoms with Crippen LogP contribution >= 0.6 is 0 Å². The zero-order chi connectivity index (χ0) is 14.4. The molecule has 112 valence electrons. The Labute approximate surface area is 122 Å². The Morgan fingerprint density at radius 3 is 2.80 bits per heavy atom. The summed E-state index contributed by atoms with van der Waals surface area (Å²) in [6.07, 6.45) is 4.49. The molecule has 1 saturated heterocycles. The summed E-state index contributed by atoms with van der Waals surface area (Å²) in [4.78, 5) is 6.99. The van der Waals surface area contributed by atoms with Gasteiger partial charge in [-0.1, -0.05) is 19.9 Å². The second-order valence-corrected chi connectivity index (χ2v) is 5.93. The normalized spacial score (nSPS) is 16.9. The number of nitrogens with zero attached hydrogens (tertiary/aromatic N) is 2. The third-order valence-corrected chi connectivity index (χ3v) is 3.81. The van der Waals surface area contributed by atoms with Gasteiger partial charge in [-0.25, -0.2) is 4.98 Å². The fourth-order valence-electron chi connectivity index (χ4n) is 2.65. The van der Waals surface area contributed by atoms with Crippen LogP contribution in [0.5, 0.6) is 0 Å². The summed E-state index contributed by atoms with van der Waals surface area (Å²) in [7, 11) is 1.81. The first-order valence-electron chi connectivity index (χ1n) is 7.63. The van der Waals surface area contributed by atoms with Gasteiger partial charge in [0, 0.05) is 38.5 Å². The lowest BCUT2D eigenvalue weighted by atomic mass is 10.1. The van der Waals surface area contributed by atoms with Crippen LogP contribution in [0, 0.1) is 5.92 Å². The van der Waals surface area contributed by atoms with E-state index in [9.17, 15) is 0 Å². The molecule has 0 aromatic carbocycles. The lowest BCUT2D eigenvalue weighted by molar-refractivity contribution is 0.0817. The van der Waals surface area contributed by atoms with E-state index in [4.69, 9.17) is 4.74 Å².